The lowest BCUT2D eigenvalue weighted by Gasteiger charge is -2.19. The van der Waals surface area contributed by atoms with Crippen LogP contribution in [-0.2, 0) is 0 Å². The average Bonchev–Trinajstić information content (AvgIpc) is 2.48. The van der Waals surface area contributed by atoms with Gasteiger partial charge in [-0.15, -0.1) is 0 Å². The van der Waals surface area contributed by atoms with Crippen LogP contribution in [0.2, 0.25) is 0 Å². The Morgan fingerprint density at radius 2 is 1.95 bits per heavy atom. The van der Waals surface area contributed by atoms with E-state index in [4.69, 9.17) is 5.26 Å². The van der Waals surface area contributed by atoms with Gasteiger partial charge in [-0.3, -0.25) is 4.79 Å². The number of rotatable bonds is 2. The molecule has 0 heterocycles. The molecule has 2 aromatic rings. The molecule has 0 N–H and O–H groups in total. The smallest absolute Gasteiger partial charge is 0.259 e. The highest BCUT2D eigenvalue weighted by atomic mass is 79.9. The molecule has 0 saturated carbocycles. The van der Waals surface area contributed by atoms with Crippen molar-refractivity contribution < 1.29 is 4.79 Å². The molecule has 0 aliphatic rings. The minimum absolute atomic E-state index is 0.150. The van der Waals surface area contributed by atoms with Gasteiger partial charge >= 0.3 is 0 Å². The number of hydrogen-bond acceptors (Lipinski definition) is 2. The van der Waals surface area contributed by atoms with Gasteiger partial charge in [0.05, 0.1) is 16.8 Å². The predicted octanol–water partition coefficient (Wildman–Crippen LogP) is 3.91. The summed E-state index contributed by atoms with van der Waals surface area (Å²) >= 11 is 3.39. The number of halogens is 1. The van der Waals surface area contributed by atoms with E-state index in [1.165, 1.54) is 4.90 Å². The van der Waals surface area contributed by atoms with Crippen molar-refractivity contribution in [3.8, 4) is 6.07 Å². The van der Waals surface area contributed by atoms with E-state index < -0.39 is 0 Å². The summed E-state index contributed by atoms with van der Waals surface area (Å²) in [6, 6.07) is 14.8. The van der Waals surface area contributed by atoms with Gasteiger partial charge < -0.3 is 4.90 Å². The second-order valence-corrected chi connectivity index (χ2v) is 5.33. The van der Waals surface area contributed by atoms with Crippen LogP contribution in [0.3, 0.4) is 0 Å². The first kappa shape index (κ1) is 14.3. The van der Waals surface area contributed by atoms with Crippen molar-refractivity contribution in [2.45, 2.75) is 6.92 Å². The molecule has 20 heavy (non-hydrogen) atoms. The third kappa shape index (κ3) is 2.73. The number of amides is 1. The first-order valence-electron chi connectivity index (χ1n) is 6.08. The minimum Gasteiger partial charge on any atom is -0.310 e. The van der Waals surface area contributed by atoms with Crippen LogP contribution >= 0.6 is 15.9 Å². The number of nitriles is 1. The highest BCUT2D eigenvalue weighted by Crippen LogP contribution is 2.24. The van der Waals surface area contributed by atoms with Crippen molar-refractivity contribution in [1.82, 2.24) is 0 Å². The molecule has 100 valence electrons. The van der Waals surface area contributed by atoms with Gasteiger partial charge in [0, 0.05) is 11.5 Å². The highest BCUT2D eigenvalue weighted by Gasteiger charge is 2.18. The van der Waals surface area contributed by atoms with Crippen molar-refractivity contribution in [2.24, 2.45) is 0 Å². The molecule has 0 unspecified atom stereocenters. The fraction of sp³-hybridized carbons (Fsp3) is 0.125. The summed E-state index contributed by atoms with van der Waals surface area (Å²) in [7, 11) is 1.67. The zero-order valence-electron chi connectivity index (χ0n) is 11.2. The van der Waals surface area contributed by atoms with Gasteiger partial charge in [0.1, 0.15) is 6.07 Å². The van der Waals surface area contributed by atoms with Crippen molar-refractivity contribution >= 4 is 27.5 Å². The van der Waals surface area contributed by atoms with E-state index in [2.05, 4.69) is 22.0 Å². The van der Waals surface area contributed by atoms with Crippen molar-refractivity contribution in [1.29, 1.82) is 5.26 Å². The molecule has 0 aliphatic heterocycles. The Labute approximate surface area is 126 Å². The summed E-state index contributed by atoms with van der Waals surface area (Å²) in [6.07, 6.45) is 0. The van der Waals surface area contributed by atoms with Gasteiger partial charge in [0.15, 0.2) is 0 Å². The maximum atomic E-state index is 12.6. The third-order valence-electron chi connectivity index (χ3n) is 3.04. The van der Waals surface area contributed by atoms with Crippen LogP contribution in [0.4, 0.5) is 5.69 Å². The maximum Gasteiger partial charge on any atom is 0.259 e. The van der Waals surface area contributed by atoms with Gasteiger partial charge in [-0.05, 0) is 47.1 Å². The van der Waals surface area contributed by atoms with Gasteiger partial charge in [-0.2, -0.15) is 5.26 Å². The fourth-order valence-corrected chi connectivity index (χ4v) is 2.37. The molecule has 0 saturated heterocycles. The van der Waals surface area contributed by atoms with E-state index in [-0.39, 0.29) is 5.91 Å². The Bertz CT molecular complexity index is 704. The second-order valence-electron chi connectivity index (χ2n) is 4.48. The van der Waals surface area contributed by atoms with E-state index in [1.807, 2.05) is 31.2 Å². The number of nitrogens with zero attached hydrogens (tertiary/aromatic N) is 2. The number of aryl methyl sites for hydroxylation is 1. The Hall–Kier alpha value is -2.12. The number of hydrogen-bond donors (Lipinski definition) is 0. The van der Waals surface area contributed by atoms with E-state index in [9.17, 15) is 4.79 Å². The van der Waals surface area contributed by atoms with Crippen LogP contribution in [0.1, 0.15) is 21.5 Å². The Morgan fingerprint density at radius 3 is 2.65 bits per heavy atom. The molecule has 2 aromatic carbocycles. The highest BCUT2D eigenvalue weighted by molar-refractivity contribution is 9.10. The third-order valence-corrected chi connectivity index (χ3v) is 3.73. The molecule has 0 aromatic heterocycles. The largest absolute Gasteiger partial charge is 0.310 e. The second kappa shape index (κ2) is 5.89. The standard InChI is InChI=1S/C16H13BrN2O/c1-11-7-8-14(17)13(9-11)16(20)19(2)15-6-4-3-5-12(15)10-18/h3-9H,1-2H3. The summed E-state index contributed by atoms with van der Waals surface area (Å²) in [6.45, 7) is 1.94. The van der Waals surface area contributed by atoms with Crippen LogP contribution in [0.25, 0.3) is 0 Å². The lowest BCUT2D eigenvalue weighted by Crippen LogP contribution is -2.27. The number of para-hydroxylation sites is 1. The van der Waals surface area contributed by atoms with Gasteiger partial charge in [-0.25, -0.2) is 0 Å². The summed E-state index contributed by atoms with van der Waals surface area (Å²) in [5, 5.41) is 9.12. The number of benzene rings is 2. The molecule has 2 rings (SSSR count). The molecule has 0 spiro atoms. The fourth-order valence-electron chi connectivity index (χ4n) is 1.95. The molecule has 0 aliphatic carbocycles. The van der Waals surface area contributed by atoms with Crippen molar-refractivity contribution in [3.05, 3.63) is 63.6 Å². The predicted molar refractivity (Wildman–Crippen MR) is 82.8 cm³/mol. The first-order chi connectivity index (χ1) is 9.54. The number of carbonyl (C=O) groups is 1. The van der Waals surface area contributed by atoms with Crippen LogP contribution in [-0.4, -0.2) is 13.0 Å². The minimum atomic E-state index is -0.150. The molecule has 0 atom stereocenters. The topological polar surface area (TPSA) is 44.1 Å². The molecular weight excluding hydrogens is 316 g/mol. The molecular formula is C16H13BrN2O. The van der Waals surface area contributed by atoms with Gasteiger partial charge in [0.2, 0.25) is 0 Å². The summed E-state index contributed by atoms with van der Waals surface area (Å²) in [5.41, 5.74) is 2.68. The van der Waals surface area contributed by atoms with Crippen LogP contribution in [0.5, 0.6) is 0 Å². The van der Waals surface area contributed by atoms with Gasteiger partial charge in [0.25, 0.3) is 5.91 Å². The van der Waals surface area contributed by atoms with Crippen molar-refractivity contribution in [3.63, 3.8) is 0 Å². The monoisotopic (exact) mass is 328 g/mol. The van der Waals surface area contributed by atoms with Crippen molar-refractivity contribution in [2.75, 3.05) is 11.9 Å². The van der Waals surface area contributed by atoms with Crippen LogP contribution in [0, 0.1) is 18.3 Å². The van der Waals surface area contributed by atoms with E-state index in [0.717, 1.165) is 10.0 Å². The average molecular weight is 329 g/mol. The normalized spacial score (nSPS) is 9.90. The molecule has 4 heteroatoms. The molecule has 0 radical (unpaired) electrons. The van der Waals surface area contributed by atoms with E-state index in [1.54, 1.807) is 25.2 Å². The first-order valence-corrected chi connectivity index (χ1v) is 6.87. The molecule has 0 bridgehead atoms. The Morgan fingerprint density at radius 1 is 1.25 bits per heavy atom. The Kier molecular flexibility index (Phi) is 4.21. The molecule has 3 nitrogen and oxygen atoms in total. The zero-order chi connectivity index (χ0) is 14.7. The molecule has 1 amide bonds. The lowest BCUT2D eigenvalue weighted by molar-refractivity contribution is 0.0992. The number of anilines is 1. The molecule has 0 fully saturated rings. The SMILES string of the molecule is Cc1ccc(Br)c(C(=O)N(C)c2ccccc2C#N)c1. The number of carbonyl (C=O) groups excluding carboxylic acids is 1. The summed E-state index contributed by atoms with van der Waals surface area (Å²) in [5.74, 6) is -0.150. The van der Waals surface area contributed by atoms with E-state index >= 15 is 0 Å². The summed E-state index contributed by atoms with van der Waals surface area (Å²) in [4.78, 5) is 14.1. The van der Waals surface area contributed by atoms with Crippen LogP contribution < -0.4 is 4.90 Å². The van der Waals surface area contributed by atoms with E-state index in [0.29, 0.717) is 16.8 Å². The van der Waals surface area contributed by atoms with Crippen LogP contribution in [0.15, 0.2) is 46.9 Å². The van der Waals surface area contributed by atoms with Gasteiger partial charge in [-0.1, -0.05) is 23.8 Å². The maximum absolute atomic E-state index is 12.6. The summed E-state index contributed by atoms with van der Waals surface area (Å²) < 4.78 is 0.745. The Balaban J connectivity index is 2.43. The lowest BCUT2D eigenvalue weighted by atomic mass is 10.1. The zero-order valence-corrected chi connectivity index (χ0v) is 12.8. The quantitative estimate of drug-likeness (QED) is 0.838.